The molecule has 0 radical (unpaired) electrons. The molecule has 17 heavy (non-hydrogen) atoms. The van der Waals surface area contributed by atoms with Crippen LogP contribution in [0, 0.1) is 6.92 Å². The van der Waals surface area contributed by atoms with Gasteiger partial charge in [-0.1, -0.05) is 6.07 Å². The predicted octanol–water partition coefficient (Wildman–Crippen LogP) is 2.64. The summed E-state index contributed by atoms with van der Waals surface area (Å²) in [4.78, 5) is 13.6. The smallest absolute Gasteiger partial charge is 0.322 e. The number of phenolic OH excluding ortho intramolecular Hbond substituents is 1. The first-order valence-corrected chi connectivity index (χ1v) is 5.83. The van der Waals surface area contributed by atoms with Crippen molar-refractivity contribution >= 4 is 11.7 Å². The molecule has 0 unspecified atom stereocenters. The van der Waals surface area contributed by atoms with Gasteiger partial charge in [0.1, 0.15) is 5.75 Å². The minimum atomic E-state index is -0.142. The molecule has 4 nitrogen and oxygen atoms in total. The molecule has 0 aromatic heterocycles. The summed E-state index contributed by atoms with van der Waals surface area (Å²) in [6, 6.07) is 4.98. The Labute approximate surface area is 102 Å². The lowest BCUT2D eigenvalue weighted by molar-refractivity contribution is 0.244. The quantitative estimate of drug-likeness (QED) is 0.847. The maximum Gasteiger partial charge on any atom is 0.322 e. The average Bonchev–Trinajstić information content (AvgIpc) is 2.23. The van der Waals surface area contributed by atoms with E-state index >= 15 is 0 Å². The summed E-state index contributed by atoms with van der Waals surface area (Å²) in [5.41, 5.74) is 1.70. The van der Waals surface area contributed by atoms with Crippen molar-refractivity contribution in [1.29, 1.82) is 0 Å². The molecule has 2 N–H and O–H groups in total. The van der Waals surface area contributed by atoms with Gasteiger partial charge in [0.05, 0.1) is 5.69 Å². The van der Waals surface area contributed by atoms with Gasteiger partial charge in [-0.2, -0.15) is 0 Å². The molecule has 1 aromatic carbocycles. The van der Waals surface area contributed by atoms with Crippen molar-refractivity contribution in [2.75, 3.05) is 11.4 Å². The van der Waals surface area contributed by atoms with Gasteiger partial charge in [-0.05, 0) is 39.3 Å². The summed E-state index contributed by atoms with van der Waals surface area (Å²) in [7, 11) is 0. The van der Waals surface area contributed by atoms with Crippen molar-refractivity contribution in [3.63, 3.8) is 0 Å². The zero-order valence-electron chi connectivity index (χ0n) is 10.8. The lowest BCUT2D eigenvalue weighted by Gasteiger charge is -2.24. The van der Waals surface area contributed by atoms with Gasteiger partial charge in [-0.25, -0.2) is 4.79 Å². The van der Waals surface area contributed by atoms with Crippen molar-refractivity contribution in [3.05, 3.63) is 23.8 Å². The molecule has 0 aliphatic carbocycles. The number of anilines is 1. The Morgan fingerprint density at radius 2 is 2.12 bits per heavy atom. The number of aryl methyl sites for hydroxylation is 1. The van der Waals surface area contributed by atoms with E-state index in [-0.39, 0.29) is 17.8 Å². The van der Waals surface area contributed by atoms with Gasteiger partial charge in [-0.15, -0.1) is 0 Å². The van der Waals surface area contributed by atoms with E-state index in [1.54, 1.807) is 23.1 Å². The van der Waals surface area contributed by atoms with Crippen LogP contribution >= 0.6 is 0 Å². The van der Waals surface area contributed by atoms with Crippen LogP contribution in [0.2, 0.25) is 0 Å². The summed E-state index contributed by atoms with van der Waals surface area (Å²) in [5.74, 6) is 0.168. The predicted molar refractivity (Wildman–Crippen MR) is 69.5 cm³/mol. The van der Waals surface area contributed by atoms with Crippen LogP contribution in [0.4, 0.5) is 10.5 Å². The second-order valence-corrected chi connectivity index (χ2v) is 4.32. The summed E-state index contributed by atoms with van der Waals surface area (Å²) >= 11 is 0. The molecule has 1 aromatic rings. The lowest BCUT2D eigenvalue weighted by Crippen LogP contribution is -2.43. The van der Waals surface area contributed by atoms with Gasteiger partial charge in [0.15, 0.2) is 0 Å². The van der Waals surface area contributed by atoms with E-state index in [9.17, 15) is 9.90 Å². The van der Waals surface area contributed by atoms with Crippen LogP contribution in [0.25, 0.3) is 0 Å². The maximum atomic E-state index is 12.0. The molecule has 2 amide bonds. The number of hydrogen-bond acceptors (Lipinski definition) is 2. The number of hydrogen-bond donors (Lipinski definition) is 2. The lowest BCUT2D eigenvalue weighted by atomic mass is 10.1. The van der Waals surface area contributed by atoms with E-state index in [1.807, 2.05) is 27.7 Å². The monoisotopic (exact) mass is 236 g/mol. The van der Waals surface area contributed by atoms with Crippen molar-refractivity contribution in [1.82, 2.24) is 5.32 Å². The maximum absolute atomic E-state index is 12.0. The molecule has 4 heteroatoms. The van der Waals surface area contributed by atoms with Gasteiger partial charge in [0.25, 0.3) is 0 Å². The third-order valence-corrected chi connectivity index (χ3v) is 2.46. The number of amides is 2. The number of benzene rings is 1. The standard InChI is InChI=1S/C13H20N2O2/c1-5-15(13(17)14-9(2)3)12-8-11(16)7-6-10(12)4/h6-9,16H,5H2,1-4H3,(H,14,17). The Bertz CT molecular complexity index is 402. The van der Waals surface area contributed by atoms with Crippen molar-refractivity contribution in [2.24, 2.45) is 0 Å². The highest BCUT2D eigenvalue weighted by molar-refractivity contribution is 5.93. The number of phenols is 1. The fourth-order valence-corrected chi connectivity index (χ4v) is 1.64. The van der Waals surface area contributed by atoms with Crippen LogP contribution in [0.3, 0.4) is 0 Å². The Morgan fingerprint density at radius 3 is 2.65 bits per heavy atom. The summed E-state index contributed by atoms with van der Waals surface area (Å²) in [6.45, 7) is 8.22. The number of carbonyl (C=O) groups is 1. The Kier molecular flexibility index (Phi) is 4.37. The highest BCUT2D eigenvalue weighted by Gasteiger charge is 2.16. The van der Waals surface area contributed by atoms with Crippen LogP contribution in [0.5, 0.6) is 5.75 Å². The molecule has 0 aliphatic rings. The van der Waals surface area contributed by atoms with Crippen LogP contribution in [-0.2, 0) is 0 Å². The fourth-order valence-electron chi connectivity index (χ4n) is 1.64. The van der Waals surface area contributed by atoms with E-state index in [2.05, 4.69) is 5.32 Å². The SMILES string of the molecule is CCN(C(=O)NC(C)C)c1cc(O)ccc1C. The fraction of sp³-hybridized carbons (Fsp3) is 0.462. The molecule has 0 bridgehead atoms. The molecule has 0 heterocycles. The van der Waals surface area contributed by atoms with Crippen LogP contribution in [0.15, 0.2) is 18.2 Å². The molecular weight excluding hydrogens is 216 g/mol. The molecule has 0 spiro atoms. The normalized spacial score (nSPS) is 10.4. The largest absolute Gasteiger partial charge is 0.508 e. The van der Waals surface area contributed by atoms with E-state index < -0.39 is 0 Å². The van der Waals surface area contributed by atoms with Gasteiger partial charge < -0.3 is 10.4 Å². The van der Waals surface area contributed by atoms with Crippen LogP contribution < -0.4 is 10.2 Å². The molecule has 0 aliphatic heterocycles. The van der Waals surface area contributed by atoms with Crippen molar-refractivity contribution < 1.29 is 9.90 Å². The van der Waals surface area contributed by atoms with Crippen molar-refractivity contribution in [2.45, 2.75) is 33.7 Å². The van der Waals surface area contributed by atoms with E-state index in [1.165, 1.54) is 0 Å². The van der Waals surface area contributed by atoms with Gasteiger partial charge >= 0.3 is 6.03 Å². The van der Waals surface area contributed by atoms with Crippen molar-refractivity contribution in [3.8, 4) is 5.75 Å². The van der Waals surface area contributed by atoms with Gasteiger partial charge in [0, 0.05) is 18.7 Å². The molecule has 94 valence electrons. The Hall–Kier alpha value is -1.71. The summed E-state index contributed by atoms with van der Waals surface area (Å²) in [5, 5.41) is 12.3. The first-order chi connectivity index (χ1) is 7.95. The minimum Gasteiger partial charge on any atom is -0.508 e. The minimum absolute atomic E-state index is 0.0918. The second-order valence-electron chi connectivity index (χ2n) is 4.32. The summed E-state index contributed by atoms with van der Waals surface area (Å²) in [6.07, 6.45) is 0. The third kappa shape index (κ3) is 3.37. The first kappa shape index (κ1) is 13.4. The average molecular weight is 236 g/mol. The second kappa shape index (κ2) is 5.57. The van der Waals surface area contributed by atoms with Gasteiger partial charge in [0.2, 0.25) is 0 Å². The number of urea groups is 1. The van der Waals surface area contributed by atoms with Crippen LogP contribution in [0.1, 0.15) is 26.3 Å². The van der Waals surface area contributed by atoms with E-state index in [0.717, 1.165) is 11.3 Å². The number of nitrogens with one attached hydrogen (secondary N) is 1. The number of nitrogens with zero attached hydrogens (tertiary/aromatic N) is 1. The molecule has 0 saturated heterocycles. The molecular formula is C13H20N2O2. The number of carbonyl (C=O) groups excluding carboxylic acids is 1. The number of rotatable bonds is 3. The molecule has 0 fully saturated rings. The zero-order chi connectivity index (χ0) is 13.0. The van der Waals surface area contributed by atoms with Gasteiger partial charge in [-0.3, -0.25) is 4.90 Å². The Morgan fingerprint density at radius 1 is 1.47 bits per heavy atom. The highest BCUT2D eigenvalue weighted by atomic mass is 16.3. The number of aromatic hydroxyl groups is 1. The first-order valence-electron chi connectivity index (χ1n) is 5.83. The molecule has 0 saturated carbocycles. The van der Waals surface area contributed by atoms with E-state index in [4.69, 9.17) is 0 Å². The van der Waals surface area contributed by atoms with E-state index in [0.29, 0.717) is 6.54 Å². The molecule has 1 rings (SSSR count). The summed E-state index contributed by atoms with van der Waals surface area (Å²) < 4.78 is 0. The topological polar surface area (TPSA) is 52.6 Å². The van der Waals surface area contributed by atoms with Crippen LogP contribution in [-0.4, -0.2) is 23.7 Å². The third-order valence-electron chi connectivity index (χ3n) is 2.46. The highest BCUT2D eigenvalue weighted by Crippen LogP contribution is 2.24. The Balaban J connectivity index is 3.00. The molecule has 0 atom stereocenters. The zero-order valence-corrected chi connectivity index (χ0v) is 10.8.